The minimum absolute atomic E-state index is 0.149. The molecule has 2 aliphatic rings. The van der Waals surface area contributed by atoms with Crippen molar-refractivity contribution in [2.24, 2.45) is 11.8 Å². The molecule has 1 amide bonds. The molecular weight excluding hydrogens is 368 g/mol. The maximum absolute atomic E-state index is 12.2. The van der Waals surface area contributed by atoms with Gasteiger partial charge in [0, 0.05) is 32.4 Å². The minimum Gasteiger partial charge on any atom is -0.356 e. The maximum atomic E-state index is 12.2. The van der Waals surface area contributed by atoms with E-state index in [9.17, 15) is 13.2 Å². The Morgan fingerprint density at radius 1 is 1.33 bits per heavy atom. The topological polar surface area (TPSA) is 111 Å². The molecule has 4 rings (SSSR count). The fraction of sp³-hybridized carbons (Fsp3) is 0.588. The third-order valence-electron chi connectivity index (χ3n) is 5.78. The summed E-state index contributed by atoms with van der Waals surface area (Å²) in [5, 5.41) is 1.01. The van der Waals surface area contributed by atoms with Crippen molar-refractivity contribution in [3.05, 3.63) is 18.6 Å². The van der Waals surface area contributed by atoms with E-state index in [0.29, 0.717) is 31.0 Å². The van der Waals surface area contributed by atoms with Gasteiger partial charge in [-0.15, -0.1) is 0 Å². The zero-order chi connectivity index (χ0) is 19.2. The Morgan fingerprint density at radius 2 is 2.04 bits per heavy atom. The molecule has 1 unspecified atom stereocenters. The molecule has 10 heteroatoms. The summed E-state index contributed by atoms with van der Waals surface area (Å²) in [6.07, 6.45) is 6.51. The van der Waals surface area contributed by atoms with Crippen LogP contribution in [0.3, 0.4) is 0 Å². The number of carbonyl (C=O) groups is 1. The smallest absolute Gasteiger partial charge is 0.237 e. The van der Waals surface area contributed by atoms with E-state index in [-0.39, 0.29) is 12.5 Å². The van der Waals surface area contributed by atoms with E-state index < -0.39 is 10.0 Å². The van der Waals surface area contributed by atoms with Gasteiger partial charge in [-0.05, 0) is 30.7 Å². The van der Waals surface area contributed by atoms with Crippen molar-refractivity contribution in [1.82, 2.24) is 24.6 Å². The van der Waals surface area contributed by atoms with E-state index in [0.717, 1.165) is 35.9 Å². The Bertz CT molecular complexity index is 944. The highest BCUT2D eigenvalue weighted by Crippen LogP contribution is 2.41. The molecule has 1 aliphatic heterocycles. The van der Waals surface area contributed by atoms with Crippen molar-refractivity contribution in [2.45, 2.75) is 18.9 Å². The lowest BCUT2D eigenvalue weighted by atomic mass is 10.0. The monoisotopic (exact) mass is 392 g/mol. The van der Waals surface area contributed by atoms with Crippen LogP contribution in [-0.4, -0.2) is 73.2 Å². The van der Waals surface area contributed by atoms with E-state index in [4.69, 9.17) is 0 Å². The highest BCUT2D eigenvalue weighted by atomic mass is 32.2. The van der Waals surface area contributed by atoms with Crippen LogP contribution in [0.1, 0.15) is 12.8 Å². The van der Waals surface area contributed by atoms with Crippen molar-refractivity contribution in [1.29, 1.82) is 0 Å². The molecule has 0 spiro atoms. The molecule has 0 aromatic carbocycles. The van der Waals surface area contributed by atoms with Crippen molar-refractivity contribution < 1.29 is 13.2 Å². The van der Waals surface area contributed by atoms with Crippen LogP contribution in [0.5, 0.6) is 0 Å². The Kier molecular flexibility index (Phi) is 4.55. The summed E-state index contributed by atoms with van der Waals surface area (Å²) in [6.45, 7) is 1.24. The first-order valence-electron chi connectivity index (χ1n) is 9.05. The van der Waals surface area contributed by atoms with Crippen LogP contribution in [-0.2, 0) is 14.8 Å². The van der Waals surface area contributed by atoms with Gasteiger partial charge in [-0.1, -0.05) is 0 Å². The number of fused-ring (bicyclic) bond motifs is 2. The Labute approximate surface area is 158 Å². The van der Waals surface area contributed by atoms with Gasteiger partial charge < -0.3 is 14.8 Å². The second-order valence-electron chi connectivity index (χ2n) is 7.59. The second-order valence-corrected chi connectivity index (χ2v) is 9.42. The number of aromatic nitrogens is 3. The average molecular weight is 392 g/mol. The Morgan fingerprint density at radius 3 is 2.70 bits per heavy atom. The molecule has 1 saturated heterocycles. The number of likely N-dealkylation sites (tertiary alicyclic amines) is 1. The van der Waals surface area contributed by atoms with Crippen LogP contribution in [0.25, 0.3) is 11.0 Å². The first kappa shape index (κ1) is 18.2. The molecule has 9 nitrogen and oxygen atoms in total. The summed E-state index contributed by atoms with van der Waals surface area (Å²) in [5.41, 5.74) is 0.834. The molecular formula is C17H24N6O3S. The van der Waals surface area contributed by atoms with E-state index in [1.165, 1.54) is 0 Å². The van der Waals surface area contributed by atoms with Gasteiger partial charge in [0.1, 0.15) is 17.8 Å². The maximum Gasteiger partial charge on any atom is 0.237 e. The third kappa shape index (κ3) is 3.63. The van der Waals surface area contributed by atoms with Gasteiger partial charge in [-0.2, -0.15) is 0 Å². The van der Waals surface area contributed by atoms with Crippen molar-refractivity contribution >= 4 is 32.8 Å². The number of nitrogens with one attached hydrogen (secondary N) is 2. The predicted octanol–water partition coefficient (Wildman–Crippen LogP) is 0.180. The Balaban J connectivity index is 1.38. The second kappa shape index (κ2) is 6.75. The van der Waals surface area contributed by atoms with Gasteiger partial charge in [-0.3, -0.25) is 4.79 Å². The number of anilines is 1. The number of sulfonamides is 1. The highest BCUT2D eigenvalue weighted by molar-refractivity contribution is 7.88. The van der Waals surface area contributed by atoms with Crippen LogP contribution in [0, 0.1) is 11.8 Å². The lowest BCUT2D eigenvalue weighted by Crippen LogP contribution is -2.40. The first-order valence-corrected chi connectivity index (χ1v) is 10.9. The number of hydrogen-bond acceptors (Lipinski definition) is 6. The summed E-state index contributed by atoms with van der Waals surface area (Å²) in [5.74, 6) is 1.67. The van der Waals surface area contributed by atoms with E-state index in [1.54, 1.807) is 11.2 Å². The average Bonchev–Trinajstić information content (AvgIpc) is 3.31. The number of amides is 1. The van der Waals surface area contributed by atoms with Gasteiger partial charge in [0.15, 0.2) is 0 Å². The molecule has 0 bridgehead atoms. The van der Waals surface area contributed by atoms with Crippen LogP contribution < -0.4 is 9.62 Å². The summed E-state index contributed by atoms with van der Waals surface area (Å²) in [7, 11) is -1.28. The molecule has 1 saturated carbocycles. The van der Waals surface area contributed by atoms with Crippen LogP contribution in [0.2, 0.25) is 0 Å². The predicted molar refractivity (Wildman–Crippen MR) is 102 cm³/mol. The summed E-state index contributed by atoms with van der Waals surface area (Å²) in [6, 6.07) is 2.37. The zero-order valence-corrected chi connectivity index (χ0v) is 16.2. The van der Waals surface area contributed by atoms with Crippen LogP contribution in [0.15, 0.2) is 18.6 Å². The number of nitrogens with zero attached hydrogens (tertiary/aromatic N) is 4. The molecule has 3 atom stereocenters. The molecule has 146 valence electrons. The van der Waals surface area contributed by atoms with E-state index >= 15 is 0 Å². The SMILES string of the molecule is CN(c1ncnc2[nH]ccc12)C1C[C@@H]2CN(C(=O)CNS(C)(=O)=O)C[C@@H]2C1. The van der Waals surface area contributed by atoms with Gasteiger partial charge in [-0.25, -0.2) is 23.1 Å². The first-order chi connectivity index (χ1) is 12.8. The fourth-order valence-corrected chi connectivity index (χ4v) is 4.79. The highest BCUT2D eigenvalue weighted by Gasteiger charge is 2.43. The van der Waals surface area contributed by atoms with Crippen LogP contribution >= 0.6 is 0 Å². The van der Waals surface area contributed by atoms with Crippen molar-refractivity contribution in [3.8, 4) is 0 Å². The number of aromatic amines is 1. The lowest BCUT2D eigenvalue weighted by Gasteiger charge is -2.28. The quantitative estimate of drug-likeness (QED) is 0.751. The summed E-state index contributed by atoms with van der Waals surface area (Å²) >= 11 is 0. The number of rotatable bonds is 5. The number of H-pyrrole nitrogens is 1. The van der Waals surface area contributed by atoms with E-state index in [2.05, 4.69) is 31.6 Å². The Hall–Kier alpha value is -2.20. The van der Waals surface area contributed by atoms with Crippen molar-refractivity contribution in [2.75, 3.05) is 37.8 Å². The standard InChI is InChI=1S/C17H24N6O3S/c1-22(17-14-3-4-18-16(14)19-10-20-17)13-5-11-8-23(9-12(11)6-13)15(24)7-21-27(2,25)26/h3-4,10-13,21H,5-9H2,1-2H3,(H,18,19,20)/t11-,12+,13?. The largest absolute Gasteiger partial charge is 0.356 e. The van der Waals surface area contributed by atoms with Crippen molar-refractivity contribution in [3.63, 3.8) is 0 Å². The molecule has 1 aliphatic carbocycles. The van der Waals surface area contributed by atoms with Crippen LogP contribution in [0.4, 0.5) is 5.82 Å². The number of carbonyl (C=O) groups excluding carboxylic acids is 1. The fourth-order valence-electron chi connectivity index (χ4n) is 4.41. The minimum atomic E-state index is -3.35. The molecule has 3 heterocycles. The molecule has 27 heavy (non-hydrogen) atoms. The normalized spacial score (nSPS) is 25.1. The molecule has 2 N–H and O–H groups in total. The number of hydrogen-bond donors (Lipinski definition) is 2. The lowest BCUT2D eigenvalue weighted by molar-refractivity contribution is -0.129. The molecule has 2 aromatic heterocycles. The van der Waals surface area contributed by atoms with Gasteiger partial charge in [0.25, 0.3) is 0 Å². The molecule has 2 aromatic rings. The van der Waals surface area contributed by atoms with E-state index in [1.807, 2.05) is 12.3 Å². The third-order valence-corrected chi connectivity index (χ3v) is 6.45. The summed E-state index contributed by atoms with van der Waals surface area (Å²) < 4.78 is 24.6. The molecule has 2 fully saturated rings. The zero-order valence-electron chi connectivity index (χ0n) is 15.4. The van der Waals surface area contributed by atoms with Gasteiger partial charge >= 0.3 is 0 Å². The van der Waals surface area contributed by atoms with Gasteiger partial charge in [0.2, 0.25) is 15.9 Å². The summed E-state index contributed by atoms with van der Waals surface area (Å²) in [4.78, 5) is 28.1. The van der Waals surface area contributed by atoms with Gasteiger partial charge in [0.05, 0.1) is 18.2 Å². The molecule has 0 radical (unpaired) electrons.